The Morgan fingerprint density at radius 2 is 0.481 bits per heavy atom. The molecule has 6 heteroatoms. The standard InChI is InChI=1S/C75H136O6/c1-4-7-10-13-16-19-22-25-28-30-32-34-36-37-38-39-40-42-43-45-47-50-53-56-59-62-65-68-74(77)80-71-72(70-79-73(76)67-64-61-58-55-52-49-27-24-21-18-15-12-9-6-3)81-75(78)69-66-63-60-57-54-51-48-46-44-41-35-33-31-29-26-23-20-17-14-11-8-5-2/h7,10,16,19,24-25,27-28,32,34,72H,4-6,8-9,11-15,17-18,20-23,26,29-31,33,35-71H2,1-3H3/b10-7-,19-16-,27-24-,28-25-,34-32-. The van der Waals surface area contributed by atoms with Gasteiger partial charge in [-0.25, -0.2) is 0 Å². The third-order valence-electron chi connectivity index (χ3n) is 16.0. The largest absolute Gasteiger partial charge is 0.462 e. The lowest BCUT2D eigenvalue weighted by Gasteiger charge is -2.18. The Kier molecular flexibility index (Phi) is 67.1. The van der Waals surface area contributed by atoms with Crippen LogP contribution in [0.15, 0.2) is 60.8 Å². The van der Waals surface area contributed by atoms with Gasteiger partial charge in [0.15, 0.2) is 6.10 Å². The minimum absolute atomic E-state index is 0.0722. The summed E-state index contributed by atoms with van der Waals surface area (Å²) in [7, 11) is 0. The average molecular weight is 1130 g/mol. The summed E-state index contributed by atoms with van der Waals surface area (Å²) >= 11 is 0. The topological polar surface area (TPSA) is 78.9 Å². The quantitative estimate of drug-likeness (QED) is 0.0261. The van der Waals surface area contributed by atoms with E-state index in [-0.39, 0.29) is 31.1 Å². The van der Waals surface area contributed by atoms with Gasteiger partial charge in [-0.2, -0.15) is 0 Å². The van der Waals surface area contributed by atoms with Gasteiger partial charge in [-0.15, -0.1) is 0 Å². The average Bonchev–Trinajstić information content (AvgIpc) is 3.47. The molecule has 81 heavy (non-hydrogen) atoms. The molecule has 0 aliphatic rings. The van der Waals surface area contributed by atoms with E-state index >= 15 is 0 Å². The first-order valence-electron chi connectivity index (χ1n) is 35.8. The van der Waals surface area contributed by atoms with Gasteiger partial charge >= 0.3 is 17.9 Å². The third-order valence-corrected chi connectivity index (χ3v) is 16.0. The molecule has 472 valence electrons. The second-order valence-corrected chi connectivity index (χ2v) is 24.1. The van der Waals surface area contributed by atoms with Crippen LogP contribution in [0.1, 0.15) is 380 Å². The van der Waals surface area contributed by atoms with Crippen LogP contribution in [-0.2, 0) is 28.6 Å². The van der Waals surface area contributed by atoms with Crippen molar-refractivity contribution in [3.8, 4) is 0 Å². The minimum Gasteiger partial charge on any atom is -0.462 e. The summed E-state index contributed by atoms with van der Waals surface area (Å²) in [4.78, 5) is 38.5. The van der Waals surface area contributed by atoms with E-state index in [2.05, 4.69) is 81.5 Å². The van der Waals surface area contributed by atoms with Gasteiger partial charge in [0.1, 0.15) is 13.2 Å². The highest BCUT2D eigenvalue weighted by Gasteiger charge is 2.19. The molecule has 1 atom stereocenters. The van der Waals surface area contributed by atoms with E-state index in [1.54, 1.807) is 0 Å². The maximum Gasteiger partial charge on any atom is 0.306 e. The highest BCUT2D eigenvalue weighted by molar-refractivity contribution is 5.71. The SMILES string of the molecule is CC/C=C\C/C=C\C/C=C\C/C=C\CCCCCCCCCCCCCCCCC(=O)OCC(COC(=O)CCCCCCC/C=C\CCCCCCC)OC(=O)CCCCCCCCCCCCCCCCCCCCCCCC. The smallest absolute Gasteiger partial charge is 0.306 e. The highest BCUT2D eigenvalue weighted by Crippen LogP contribution is 2.18. The molecule has 0 saturated heterocycles. The van der Waals surface area contributed by atoms with E-state index in [1.165, 1.54) is 250 Å². The summed E-state index contributed by atoms with van der Waals surface area (Å²) in [6.45, 7) is 6.58. The molecule has 0 amide bonds. The number of esters is 3. The van der Waals surface area contributed by atoms with Gasteiger partial charge in [0.2, 0.25) is 0 Å². The first kappa shape index (κ1) is 78.1. The molecule has 1 unspecified atom stereocenters. The van der Waals surface area contributed by atoms with E-state index in [4.69, 9.17) is 14.2 Å². The molecule has 0 saturated carbocycles. The maximum absolute atomic E-state index is 13.0. The molecule has 0 aliphatic carbocycles. The van der Waals surface area contributed by atoms with Crippen molar-refractivity contribution in [1.29, 1.82) is 0 Å². The molecule has 0 fully saturated rings. The molecule has 0 rings (SSSR count). The number of carbonyl (C=O) groups excluding carboxylic acids is 3. The molecule has 0 radical (unpaired) electrons. The molecule has 0 aromatic rings. The molecule has 6 nitrogen and oxygen atoms in total. The number of rotatable bonds is 66. The van der Waals surface area contributed by atoms with Gasteiger partial charge in [-0.1, -0.05) is 338 Å². The number of allylic oxidation sites excluding steroid dienone is 10. The van der Waals surface area contributed by atoms with Crippen LogP contribution in [-0.4, -0.2) is 37.2 Å². The normalized spacial score (nSPS) is 12.4. The summed E-state index contributed by atoms with van der Waals surface area (Å²) in [5, 5.41) is 0. The second-order valence-electron chi connectivity index (χ2n) is 24.1. The fraction of sp³-hybridized carbons (Fsp3) is 0.827. The molecule has 0 aromatic heterocycles. The van der Waals surface area contributed by atoms with E-state index in [0.29, 0.717) is 19.3 Å². The number of hydrogen-bond donors (Lipinski definition) is 0. The van der Waals surface area contributed by atoms with E-state index < -0.39 is 6.10 Å². The molecule has 0 bridgehead atoms. The molecule has 0 spiro atoms. The Hall–Kier alpha value is -2.89. The van der Waals surface area contributed by atoms with E-state index in [1.807, 2.05) is 0 Å². The van der Waals surface area contributed by atoms with Crippen molar-refractivity contribution in [2.45, 2.75) is 386 Å². The van der Waals surface area contributed by atoms with Crippen LogP contribution in [0.3, 0.4) is 0 Å². The lowest BCUT2D eigenvalue weighted by Crippen LogP contribution is -2.30. The summed E-state index contributed by atoms with van der Waals surface area (Å²) in [5.41, 5.74) is 0. The van der Waals surface area contributed by atoms with Gasteiger partial charge in [-0.3, -0.25) is 14.4 Å². The summed E-state index contributed by atoms with van der Waals surface area (Å²) in [6, 6.07) is 0. The van der Waals surface area contributed by atoms with Crippen LogP contribution in [0.5, 0.6) is 0 Å². The first-order valence-corrected chi connectivity index (χ1v) is 35.8. The molecule has 0 aromatic carbocycles. The van der Waals surface area contributed by atoms with Crippen molar-refractivity contribution < 1.29 is 28.6 Å². The summed E-state index contributed by atoms with van der Waals surface area (Å²) < 4.78 is 17.0. The van der Waals surface area contributed by atoms with Crippen molar-refractivity contribution in [3.63, 3.8) is 0 Å². The van der Waals surface area contributed by atoms with Crippen LogP contribution in [0.4, 0.5) is 0 Å². The van der Waals surface area contributed by atoms with Gasteiger partial charge in [0, 0.05) is 19.3 Å². The van der Waals surface area contributed by atoms with Gasteiger partial charge < -0.3 is 14.2 Å². The van der Waals surface area contributed by atoms with Gasteiger partial charge in [0.05, 0.1) is 0 Å². The zero-order valence-electron chi connectivity index (χ0n) is 54.3. The van der Waals surface area contributed by atoms with Crippen LogP contribution in [0.25, 0.3) is 0 Å². The zero-order chi connectivity index (χ0) is 58.5. The predicted octanol–water partition coefficient (Wildman–Crippen LogP) is 24.7. The molecule has 0 heterocycles. The van der Waals surface area contributed by atoms with Crippen molar-refractivity contribution in [2.75, 3.05) is 13.2 Å². The van der Waals surface area contributed by atoms with Crippen molar-refractivity contribution in [2.24, 2.45) is 0 Å². The van der Waals surface area contributed by atoms with Crippen LogP contribution in [0.2, 0.25) is 0 Å². The van der Waals surface area contributed by atoms with Gasteiger partial charge in [-0.05, 0) is 83.5 Å². The van der Waals surface area contributed by atoms with Crippen LogP contribution >= 0.6 is 0 Å². The lowest BCUT2D eigenvalue weighted by molar-refractivity contribution is -0.167. The van der Waals surface area contributed by atoms with Crippen LogP contribution < -0.4 is 0 Å². The molecule has 0 aliphatic heterocycles. The highest BCUT2D eigenvalue weighted by atomic mass is 16.6. The zero-order valence-corrected chi connectivity index (χ0v) is 54.3. The lowest BCUT2D eigenvalue weighted by atomic mass is 10.0. The predicted molar refractivity (Wildman–Crippen MR) is 353 cm³/mol. The van der Waals surface area contributed by atoms with Crippen molar-refractivity contribution in [3.05, 3.63) is 60.8 Å². The Labute approximate surface area is 504 Å². The monoisotopic (exact) mass is 1130 g/mol. The Morgan fingerprint density at radius 1 is 0.259 bits per heavy atom. The molecular formula is C75H136O6. The minimum atomic E-state index is -0.776. The maximum atomic E-state index is 13.0. The van der Waals surface area contributed by atoms with Crippen LogP contribution in [0, 0.1) is 0 Å². The molecule has 0 N–H and O–H groups in total. The number of unbranched alkanes of at least 4 members (excludes halogenated alkanes) is 45. The summed E-state index contributed by atoms with van der Waals surface area (Å²) in [6.07, 6.45) is 89.7. The molecular weight excluding hydrogens is 997 g/mol. The van der Waals surface area contributed by atoms with E-state index in [9.17, 15) is 14.4 Å². The number of hydrogen-bond acceptors (Lipinski definition) is 6. The number of ether oxygens (including phenoxy) is 3. The second kappa shape index (κ2) is 69.6. The fourth-order valence-corrected chi connectivity index (χ4v) is 10.7. The first-order chi connectivity index (χ1) is 40.0. The van der Waals surface area contributed by atoms with Crippen molar-refractivity contribution in [1.82, 2.24) is 0 Å². The Balaban J connectivity index is 4.25. The summed E-state index contributed by atoms with van der Waals surface area (Å²) in [5.74, 6) is -0.855. The number of carbonyl (C=O) groups is 3. The third kappa shape index (κ3) is 67.8. The Morgan fingerprint density at radius 3 is 0.765 bits per heavy atom. The van der Waals surface area contributed by atoms with E-state index in [0.717, 1.165) is 89.9 Å². The van der Waals surface area contributed by atoms with Gasteiger partial charge in [0.25, 0.3) is 0 Å². The van der Waals surface area contributed by atoms with Crippen molar-refractivity contribution >= 4 is 17.9 Å². The Bertz CT molecular complexity index is 1440. The fourth-order valence-electron chi connectivity index (χ4n) is 10.7.